The maximum Gasteiger partial charge on any atom is 0.317 e. The number of urea groups is 1. The molecule has 3 rings (SSSR count). The van der Waals surface area contributed by atoms with Crippen LogP contribution in [-0.2, 0) is 11.3 Å². The largest absolute Gasteiger partial charge is 0.352 e. The predicted octanol–water partition coefficient (Wildman–Crippen LogP) is 3.72. The molecule has 0 spiro atoms. The van der Waals surface area contributed by atoms with Crippen molar-refractivity contribution < 1.29 is 18.4 Å². The Morgan fingerprint density at radius 3 is 2.60 bits per heavy atom. The fourth-order valence-electron chi connectivity index (χ4n) is 3.86. The molecule has 5 nitrogen and oxygen atoms in total. The number of aryl methyl sites for hydroxylation is 1. The van der Waals surface area contributed by atoms with E-state index in [1.165, 1.54) is 18.2 Å². The Bertz CT molecular complexity index is 919. The van der Waals surface area contributed by atoms with Crippen LogP contribution in [0, 0.1) is 24.5 Å². The van der Waals surface area contributed by atoms with Crippen LogP contribution in [0.5, 0.6) is 0 Å². The lowest BCUT2D eigenvalue weighted by atomic mass is 9.83. The first kappa shape index (κ1) is 21.7. The molecule has 160 valence electrons. The van der Waals surface area contributed by atoms with Crippen LogP contribution < -0.4 is 10.6 Å². The molecule has 1 aliphatic rings. The predicted molar refractivity (Wildman–Crippen MR) is 111 cm³/mol. The lowest BCUT2D eigenvalue weighted by Crippen LogP contribution is -2.51. The van der Waals surface area contributed by atoms with Crippen molar-refractivity contribution in [3.05, 3.63) is 70.8 Å². The van der Waals surface area contributed by atoms with E-state index in [0.29, 0.717) is 37.2 Å². The van der Waals surface area contributed by atoms with E-state index < -0.39 is 5.92 Å². The van der Waals surface area contributed by atoms with Crippen molar-refractivity contribution in [2.45, 2.75) is 32.7 Å². The average Bonchev–Trinajstić information content (AvgIpc) is 2.74. The summed E-state index contributed by atoms with van der Waals surface area (Å²) in [5, 5.41) is 5.64. The third-order valence-corrected chi connectivity index (χ3v) is 5.45. The number of piperidine rings is 1. The molecule has 1 fully saturated rings. The lowest BCUT2D eigenvalue weighted by molar-refractivity contribution is -0.126. The van der Waals surface area contributed by atoms with Gasteiger partial charge in [-0.25, -0.2) is 13.6 Å². The maximum absolute atomic E-state index is 13.7. The van der Waals surface area contributed by atoms with Crippen LogP contribution in [0.15, 0.2) is 42.5 Å². The van der Waals surface area contributed by atoms with Crippen LogP contribution in [0.2, 0.25) is 0 Å². The summed E-state index contributed by atoms with van der Waals surface area (Å²) in [6.45, 7) is 5.01. The second-order valence-electron chi connectivity index (χ2n) is 7.73. The number of hydrogen-bond donors (Lipinski definition) is 2. The van der Waals surface area contributed by atoms with Crippen molar-refractivity contribution in [3.63, 3.8) is 0 Å². The number of halogens is 2. The summed E-state index contributed by atoms with van der Waals surface area (Å²) >= 11 is 0. The highest BCUT2D eigenvalue weighted by Crippen LogP contribution is 2.31. The van der Waals surface area contributed by atoms with E-state index in [4.69, 9.17) is 0 Å². The van der Waals surface area contributed by atoms with Gasteiger partial charge in [0.05, 0.1) is 5.92 Å². The van der Waals surface area contributed by atoms with Crippen molar-refractivity contribution >= 4 is 11.9 Å². The Morgan fingerprint density at radius 1 is 1.10 bits per heavy atom. The van der Waals surface area contributed by atoms with Gasteiger partial charge >= 0.3 is 6.03 Å². The highest BCUT2D eigenvalue weighted by Gasteiger charge is 2.34. The van der Waals surface area contributed by atoms with E-state index in [0.717, 1.165) is 5.56 Å². The molecule has 1 aliphatic heterocycles. The Labute approximate surface area is 175 Å². The summed E-state index contributed by atoms with van der Waals surface area (Å²) in [7, 11) is 0. The van der Waals surface area contributed by atoms with Gasteiger partial charge in [-0.1, -0.05) is 24.3 Å². The van der Waals surface area contributed by atoms with Gasteiger partial charge in [0.25, 0.3) is 0 Å². The fraction of sp³-hybridized carbons (Fsp3) is 0.391. The van der Waals surface area contributed by atoms with Gasteiger partial charge in [-0.15, -0.1) is 0 Å². The van der Waals surface area contributed by atoms with Crippen LogP contribution >= 0.6 is 0 Å². The first-order valence-corrected chi connectivity index (χ1v) is 10.2. The topological polar surface area (TPSA) is 61.4 Å². The molecule has 0 saturated carbocycles. The van der Waals surface area contributed by atoms with Gasteiger partial charge in [0.15, 0.2) is 0 Å². The number of benzene rings is 2. The van der Waals surface area contributed by atoms with Crippen molar-refractivity contribution in [2.75, 3.05) is 19.6 Å². The summed E-state index contributed by atoms with van der Waals surface area (Å²) in [6, 6.07) is 10.8. The molecule has 2 aromatic carbocycles. The van der Waals surface area contributed by atoms with Crippen LogP contribution in [0.3, 0.4) is 0 Å². The fourth-order valence-corrected chi connectivity index (χ4v) is 3.86. The minimum absolute atomic E-state index is 0.0782. The molecule has 0 unspecified atom stereocenters. The second-order valence-corrected chi connectivity index (χ2v) is 7.73. The van der Waals surface area contributed by atoms with Crippen LogP contribution in [0.1, 0.15) is 36.0 Å². The number of likely N-dealkylation sites (tertiary alicyclic amines) is 1. The third kappa shape index (κ3) is 5.34. The summed E-state index contributed by atoms with van der Waals surface area (Å²) < 4.78 is 27.1. The highest BCUT2D eigenvalue weighted by atomic mass is 19.1. The van der Waals surface area contributed by atoms with Gasteiger partial charge in [0.1, 0.15) is 11.6 Å². The molecular weight excluding hydrogens is 388 g/mol. The maximum atomic E-state index is 13.7. The molecular formula is C23H27F2N3O2. The van der Waals surface area contributed by atoms with E-state index in [9.17, 15) is 18.4 Å². The van der Waals surface area contributed by atoms with Crippen LogP contribution in [-0.4, -0.2) is 36.5 Å². The highest BCUT2D eigenvalue weighted by molar-refractivity contribution is 5.81. The van der Waals surface area contributed by atoms with E-state index in [-0.39, 0.29) is 36.0 Å². The van der Waals surface area contributed by atoms with Crippen LogP contribution in [0.25, 0.3) is 0 Å². The molecule has 0 bridgehead atoms. The van der Waals surface area contributed by atoms with E-state index in [1.807, 2.05) is 6.92 Å². The van der Waals surface area contributed by atoms with Crippen molar-refractivity contribution in [1.29, 1.82) is 0 Å². The van der Waals surface area contributed by atoms with E-state index in [2.05, 4.69) is 10.6 Å². The van der Waals surface area contributed by atoms with Crippen LogP contribution in [0.4, 0.5) is 13.6 Å². The number of hydrogen-bond acceptors (Lipinski definition) is 2. The molecule has 30 heavy (non-hydrogen) atoms. The number of carbonyl (C=O) groups is 2. The first-order chi connectivity index (χ1) is 14.4. The Hall–Kier alpha value is -2.96. The second kappa shape index (κ2) is 9.69. The van der Waals surface area contributed by atoms with Gasteiger partial charge in [-0.2, -0.15) is 0 Å². The SMILES string of the molecule is CCNC(=O)N1C[C@@H](C(=O)NCc2cccc(F)c2)C[C@H](c2ccc(F)c(C)c2)C1. The van der Waals surface area contributed by atoms with Gasteiger partial charge in [0, 0.05) is 32.1 Å². The number of rotatable bonds is 5. The molecule has 2 atom stereocenters. The molecule has 2 N–H and O–H groups in total. The summed E-state index contributed by atoms with van der Waals surface area (Å²) in [5.41, 5.74) is 2.12. The van der Waals surface area contributed by atoms with Gasteiger partial charge in [-0.3, -0.25) is 4.79 Å². The number of carbonyl (C=O) groups excluding carboxylic acids is 2. The van der Waals surface area contributed by atoms with Crippen molar-refractivity contribution in [3.8, 4) is 0 Å². The summed E-state index contributed by atoms with van der Waals surface area (Å²) in [6.07, 6.45) is 0.552. The molecule has 1 saturated heterocycles. The van der Waals surface area contributed by atoms with E-state index >= 15 is 0 Å². The first-order valence-electron chi connectivity index (χ1n) is 10.2. The Kier molecular flexibility index (Phi) is 7.03. The lowest BCUT2D eigenvalue weighted by Gasteiger charge is -2.37. The number of amides is 3. The molecule has 0 radical (unpaired) electrons. The van der Waals surface area contributed by atoms with Gasteiger partial charge in [-0.05, 0) is 55.2 Å². The Morgan fingerprint density at radius 2 is 1.90 bits per heavy atom. The summed E-state index contributed by atoms with van der Waals surface area (Å²) in [5.74, 6) is -1.30. The molecule has 0 aliphatic carbocycles. The normalized spacial score (nSPS) is 18.7. The zero-order valence-corrected chi connectivity index (χ0v) is 17.3. The standard InChI is InChI=1S/C23H27F2N3O2/c1-3-26-23(30)28-13-18(17-7-8-21(25)15(2)9-17)11-19(14-28)22(29)27-12-16-5-4-6-20(24)10-16/h4-10,18-19H,3,11-14H2,1-2H3,(H,26,30)(H,27,29)/t18-,19-/m0/s1. The number of nitrogens with zero attached hydrogens (tertiary/aromatic N) is 1. The van der Waals surface area contributed by atoms with Gasteiger partial charge in [0.2, 0.25) is 5.91 Å². The molecule has 3 amide bonds. The minimum atomic E-state index is -0.412. The average molecular weight is 415 g/mol. The smallest absolute Gasteiger partial charge is 0.317 e. The molecule has 0 aromatic heterocycles. The molecule has 1 heterocycles. The molecule has 2 aromatic rings. The minimum Gasteiger partial charge on any atom is -0.352 e. The van der Waals surface area contributed by atoms with E-state index in [1.54, 1.807) is 36.1 Å². The summed E-state index contributed by atoms with van der Waals surface area (Å²) in [4.78, 5) is 27.0. The van der Waals surface area contributed by atoms with Crippen molar-refractivity contribution in [1.82, 2.24) is 15.5 Å². The Balaban J connectivity index is 1.75. The van der Waals surface area contributed by atoms with Crippen molar-refractivity contribution in [2.24, 2.45) is 5.92 Å². The quantitative estimate of drug-likeness (QED) is 0.782. The third-order valence-electron chi connectivity index (χ3n) is 5.45. The molecule has 7 heteroatoms. The number of nitrogens with one attached hydrogen (secondary N) is 2. The zero-order valence-electron chi connectivity index (χ0n) is 17.3. The van der Waals surface area contributed by atoms with Gasteiger partial charge < -0.3 is 15.5 Å². The monoisotopic (exact) mass is 415 g/mol. The zero-order chi connectivity index (χ0) is 21.7.